The first-order valence-electron chi connectivity index (χ1n) is 8.09. The Morgan fingerprint density at radius 3 is 2.75 bits per heavy atom. The number of halogens is 3. The summed E-state index contributed by atoms with van der Waals surface area (Å²) in [4.78, 5) is 19.8. The average molecular weight is 389 g/mol. The number of nitrogens with zero attached hydrogens (tertiary/aromatic N) is 3. The normalized spacial score (nSPS) is 18.8. The number of aliphatic imine (C=N–C) groups is 1. The van der Waals surface area contributed by atoms with Gasteiger partial charge < -0.3 is 15.8 Å². The SMILES string of the molecule is N#Cc1ccc(C(=O)Nc2ccc(F)c([C@]3(C(F)F)CCOC(N)=N3)c2)nc1. The number of rotatable bonds is 4. The molecule has 2 aromatic rings. The van der Waals surface area contributed by atoms with Crippen molar-refractivity contribution in [1.29, 1.82) is 5.26 Å². The summed E-state index contributed by atoms with van der Waals surface area (Å²) < 4.78 is 47.0. The van der Waals surface area contributed by atoms with Crippen LogP contribution in [0.1, 0.15) is 28.0 Å². The maximum atomic E-state index is 14.4. The molecular weight excluding hydrogens is 375 g/mol. The Hall–Kier alpha value is -3.61. The lowest BCUT2D eigenvalue weighted by atomic mass is 9.86. The van der Waals surface area contributed by atoms with Crippen molar-refractivity contribution in [3.05, 3.63) is 59.2 Å². The number of hydrogen-bond acceptors (Lipinski definition) is 6. The fourth-order valence-electron chi connectivity index (χ4n) is 2.79. The number of pyridine rings is 1. The third kappa shape index (κ3) is 3.59. The monoisotopic (exact) mass is 389 g/mol. The lowest BCUT2D eigenvalue weighted by Gasteiger charge is -2.33. The lowest BCUT2D eigenvalue weighted by Crippen LogP contribution is -2.41. The van der Waals surface area contributed by atoms with Crippen LogP contribution in [0.25, 0.3) is 0 Å². The number of ether oxygens (including phenoxy) is 1. The fraction of sp³-hybridized carbons (Fsp3) is 0.222. The topological polar surface area (TPSA) is 113 Å². The maximum Gasteiger partial charge on any atom is 0.283 e. The Bertz CT molecular complexity index is 972. The molecule has 7 nitrogen and oxygen atoms in total. The molecule has 3 N–H and O–H groups in total. The smallest absolute Gasteiger partial charge is 0.283 e. The van der Waals surface area contributed by atoms with Gasteiger partial charge in [-0.1, -0.05) is 0 Å². The number of nitriles is 1. The number of amidine groups is 1. The fourth-order valence-corrected chi connectivity index (χ4v) is 2.79. The minimum absolute atomic E-state index is 0.00165. The maximum absolute atomic E-state index is 14.4. The number of hydrogen-bond donors (Lipinski definition) is 2. The van der Waals surface area contributed by atoms with Crippen LogP contribution in [-0.4, -0.2) is 29.9 Å². The second kappa shape index (κ2) is 7.56. The molecule has 2 heterocycles. The number of carbonyl (C=O) groups excluding carboxylic acids is 1. The molecule has 1 aliphatic rings. The molecular formula is C18H14F3N5O2. The summed E-state index contributed by atoms with van der Waals surface area (Å²) in [6.45, 7) is -0.148. The van der Waals surface area contributed by atoms with Crippen LogP contribution in [0.5, 0.6) is 0 Å². The molecule has 10 heteroatoms. The van der Waals surface area contributed by atoms with Gasteiger partial charge in [-0.25, -0.2) is 23.1 Å². The van der Waals surface area contributed by atoms with Crippen molar-refractivity contribution in [3.8, 4) is 6.07 Å². The van der Waals surface area contributed by atoms with E-state index >= 15 is 0 Å². The van der Waals surface area contributed by atoms with Gasteiger partial charge in [-0.3, -0.25) is 4.79 Å². The number of benzene rings is 1. The number of alkyl halides is 2. The van der Waals surface area contributed by atoms with Gasteiger partial charge in [0.1, 0.15) is 17.6 Å². The largest absolute Gasteiger partial charge is 0.465 e. The van der Waals surface area contributed by atoms with E-state index in [-0.39, 0.29) is 30.0 Å². The van der Waals surface area contributed by atoms with Crippen molar-refractivity contribution < 1.29 is 22.7 Å². The lowest BCUT2D eigenvalue weighted by molar-refractivity contribution is 0.0247. The Morgan fingerprint density at radius 1 is 1.36 bits per heavy atom. The summed E-state index contributed by atoms with van der Waals surface area (Å²) >= 11 is 0. The van der Waals surface area contributed by atoms with E-state index in [9.17, 15) is 18.0 Å². The van der Waals surface area contributed by atoms with Crippen molar-refractivity contribution in [2.24, 2.45) is 10.7 Å². The van der Waals surface area contributed by atoms with E-state index in [2.05, 4.69) is 15.3 Å². The van der Waals surface area contributed by atoms with E-state index in [1.807, 2.05) is 6.07 Å². The zero-order valence-electron chi connectivity index (χ0n) is 14.3. The summed E-state index contributed by atoms with van der Waals surface area (Å²) in [6.07, 6.45) is -2.11. The third-order valence-electron chi connectivity index (χ3n) is 4.22. The van der Waals surface area contributed by atoms with Gasteiger partial charge in [0.15, 0.2) is 5.54 Å². The number of anilines is 1. The molecule has 1 aliphatic heterocycles. The Balaban J connectivity index is 1.93. The van der Waals surface area contributed by atoms with Crippen LogP contribution < -0.4 is 11.1 Å². The minimum atomic E-state index is -3.05. The summed E-state index contributed by atoms with van der Waals surface area (Å²) in [5.41, 5.74) is 3.16. The van der Waals surface area contributed by atoms with Crippen LogP contribution >= 0.6 is 0 Å². The molecule has 0 radical (unpaired) electrons. The highest BCUT2D eigenvalue weighted by Gasteiger charge is 2.46. The van der Waals surface area contributed by atoms with E-state index in [1.165, 1.54) is 24.4 Å². The van der Waals surface area contributed by atoms with Gasteiger partial charge in [-0.15, -0.1) is 0 Å². The average Bonchev–Trinajstić information content (AvgIpc) is 2.69. The standard InChI is InChI=1S/C18H14F3N5O2/c19-13-3-2-11(25-15(27)14-4-1-10(8-22)9-24-14)7-12(13)18(16(20)21)5-6-28-17(23)26-18/h1-4,7,9,16H,5-6H2,(H2,23,26)(H,25,27)/t18-/m0/s1. The molecule has 28 heavy (non-hydrogen) atoms. The van der Waals surface area contributed by atoms with Gasteiger partial charge in [0.2, 0.25) is 0 Å². The molecule has 0 saturated carbocycles. The summed E-state index contributed by atoms with van der Waals surface area (Å²) in [5.74, 6) is -1.56. The predicted octanol–water partition coefficient (Wildman–Crippen LogP) is 2.54. The second-order valence-corrected chi connectivity index (χ2v) is 5.97. The van der Waals surface area contributed by atoms with Crippen LogP contribution in [0, 0.1) is 17.1 Å². The van der Waals surface area contributed by atoms with Gasteiger partial charge in [0, 0.05) is 23.9 Å². The molecule has 0 bridgehead atoms. The van der Waals surface area contributed by atoms with Crippen molar-refractivity contribution in [3.63, 3.8) is 0 Å². The highest BCUT2D eigenvalue weighted by Crippen LogP contribution is 2.40. The van der Waals surface area contributed by atoms with Gasteiger partial charge in [0.05, 0.1) is 12.2 Å². The van der Waals surface area contributed by atoms with Crippen molar-refractivity contribution >= 4 is 17.6 Å². The molecule has 1 amide bonds. The number of nitrogens with one attached hydrogen (secondary N) is 1. The van der Waals surface area contributed by atoms with E-state index < -0.39 is 35.3 Å². The van der Waals surface area contributed by atoms with E-state index in [0.717, 1.165) is 12.1 Å². The van der Waals surface area contributed by atoms with E-state index in [4.69, 9.17) is 15.7 Å². The summed E-state index contributed by atoms with van der Waals surface area (Å²) in [7, 11) is 0. The van der Waals surface area contributed by atoms with Crippen molar-refractivity contribution in [2.75, 3.05) is 11.9 Å². The first-order chi connectivity index (χ1) is 13.4. The second-order valence-electron chi connectivity index (χ2n) is 5.97. The van der Waals surface area contributed by atoms with Crippen molar-refractivity contribution in [2.45, 2.75) is 18.4 Å². The van der Waals surface area contributed by atoms with Crippen LogP contribution in [-0.2, 0) is 10.3 Å². The molecule has 1 aromatic carbocycles. The van der Waals surface area contributed by atoms with E-state index in [1.54, 1.807) is 0 Å². The van der Waals surface area contributed by atoms with Crippen LogP contribution in [0.3, 0.4) is 0 Å². The van der Waals surface area contributed by atoms with Crippen molar-refractivity contribution in [1.82, 2.24) is 4.98 Å². The third-order valence-corrected chi connectivity index (χ3v) is 4.22. The predicted molar refractivity (Wildman–Crippen MR) is 93.2 cm³/mol. The Kier molecular flexibility index (Phi) is 5.17. The van der Waals surface area contributed by atoms with Gasteiger partial charge in [-0.2, -0.15) is 5.26 Å². The number of amides is 1. The molecule has 0 fully saturated rings. The van der Waals surface area contributed by atoms with Crippen LogP contribution in [0.2, 0.25) is 0 Å². The first kappa shape index (κ1) is 19.2. The molecule has 3 rings (SSSR count). The number of nitrogens with two attached hydrogens (primary N) is 1. The Labute approximate surface area is 157 Å². The summed E-state index contributed by atoms with van der Waals surface area (Å²) in [6, 6.07) is 7.43. The number of carbonyl (C=O) groups is 1. The zero-order valence-corrected chi connectivity index (χ0v) is 14.3. The van der Waals surface area contributed by atoms with E-state index in [0.29, 0.717) is 0 Å². The molecule has 144 valence electrons. The zero-order chi connectivity index (χ0) is 20.3. The quantitative estimate of drug-likeness (QED) is 0.834. The molecule has 0 unspecified atom stereocenters. The molecule has 0 aliphatic carbocycles. The van der Waals surface area contributed by atoms with Crippen LogP contribution in [0.4, 0.5) is 18.9 Å². The Morgan fingerprint density at radius 2 is 2.14 bits per heavy atom. The molecule has 1 atom stereocenters. The van der Waals surface area contributed by atoms with Gasteiger partial charge in [0.25, 0.3) is 18.4 Å². The molecule has 0 spiro atoms. The highest BCUT2D eigenvalue weighted by molar-refractivity contribution is 6.02. The van der Waals surface area contributed by atoms with Crippen LogP contribution in [0.15, 0.2) is 41.5 Å². The number of aromatic nitrogens is 1. The van der Waals surface area contributed by atoms with Gasteiger partial charge >= 0.3 is 0 Å². The summed E-state index contributed by atoms with van der Waals surface area (Å²) in [5, 5.41) is 11.2. The van der Waals surface area contributed by atoms with Gasteiger partial charge in [-0.05, 0) is 30.3 Å². The highest BCUT2D eigenvalue weighted by atomic mass is 19.3. The first-order valence-corrected chi connectivity index (χ1v) is 8.09. The minimum Gasteiger partial charge on any atom is -0.465 e. The molecule has 0 saturated heterocycles. The molecule has 1 aromatic heterocycles.